The lowest BCUT2D eigenvalue weighted by molar-refractivity contribution is 0.0557. The van der Waals surface area contributed by atoms with E-state index < -0.39 is 12.5 Å². The van der Waals surface area contributed by atoms with Crippen LogP contribution in [-0.4, -0.2) is 22.9 Å². The maximum absolute atomic E-state index is 12.0. The van der Waals surface area contributed by atoms with Gasteiger partial charge in [-0.3, -0.25) is 0 Å². The summed E-state index contributed by atoms with van der Waals surface area (Å²) in [5.74, 6) is -1.06. The summed E-state index contributed by atoms with van der Waals surface area (Å²) in [6, 6.07) is 0. The molecule has 0 amide bonds. The zero-order valence-corrected chi connectivity index (χ0v) is 6.70. The number of aromatic nitrogens is 2. The van der Waals surface area contributed by atoms with Crippen LogP contribution in [0.4, 0.5) is 14.6 Å². The van der Waals surface area contributed by atoms with Gasteiger partial charge < -0.3 is 10.5 Å². The summed E-state index contributed by atoms with van der Waals surface area (Å²) in [5.41, 5.74) is 5.03. The molecule has 0 fully saturated rings. The summed E-state index contributed by atoms with van der Waals surface area (Å²) in [4.78, 5) is 10.9. The topological polar surface area (TPSA) is 70.1 Å². The molecule has 0 bridgehead atoms. The molecule has 0 saturated heterocycles. The van der Waals surface area contributed by atoms with Crippen molar-refractivity contribution in [3.63, 3.8) is 0 Å². The molecule has 7 heteroatoms. The van der Waals surface area contributed by atoms with Crippen LogP contribution in [-0.2, 0) is 4.74 Å². The number of nitrogen functional groups attached to an aromatic ring is 1. The molecule has 72 valence electrons. The van der Waals surface area contributed by atoms with E-state index in [0.29, 0.717) is 4.68 Å². The molecule has 1 aromatic rings. The minimum atomic E-state index is -2.82. The fourth-order valence-corrected chi connectivity index (χ4v) is 0.773. The van der Waals surface area contributed by atoms with Gasteiger partial charge in [0.05, 0.1) is 7.11 Å². The second-order valence-corrected chi connectivity index (χ2v) is 2.18. The van der Waals surface area contributed by atoms with Gasteiger partial charge in [-0.15, -0.1) is 5.10 Å². The van der Waals surface area contributed by atoms with E-state index in [4.69, 9.17) is 5.73 Å². The van der Waals surface area contributed by atoms with E-state index in [1.807, 2.05) is 0 Å². The third-order valence-corrected chi connectivity index (χ3v) is 1.37. The van der Waals surface area contributed by atoms with Gasteiger partial charge in [0.1, 0.15) is 5.56 Å². The number of methoxy groups -OCH3 is 1. The van der Waals surface area contributed by atoms with Crippen LogP contribution in [0.15, 0.2) is 6.20 Å². The Balaban J connectivity index is 3.03. The first kappa shape index (κ1) is 9.43. The highest BCUT2D eigenvalue weighted by molar-refractivity contribution is 5.93. The van der Waals surface area contributed by atoms with Gasteiger partial charge in [0.25, 0.3) is 0 Å². The van der Waals surface area contributed by atoms with Crippen LogP contribution in [0.25, 0.3) is 0 Å². The highest BCUT2D eigenvalue weighted by Gasteiger charge is 2.17. The number of nitrogens with zero attached hydrogens (tertiary/aromatic N) is 2. The zero-order chi connectivity index (χ0) is 10.0. The van der Waals surface area contributed by atoms with Crippen LogP contribution in [0.5, 0.6) is 0 Å². The number of anilines is 1. The second kappa shape index (κ2) is 3.38. The fraction of sp³-hybridized carbons (Fsp3) is 0.333. The molecule has 0 radical (unpaired) electrons. The van der Waals surface area contributed by atoms with Gasteiger partial charge in [0.15, 0.2) is 5.82 Å². The standard InChI is InChI=1S/C6H7F2N3O2/c1-13-5(12)3-2-11(6(7)8)10-4(3)9/h2,6H,1H3,(H2,9,10). The van der Waals surface area contributed by atoms with E-state index in [2.05, 4.69) is 9.84 Å². The normalized spacial score (nSPS) is 10.5. The number of carbonyl (C=O) groups is 1. The molecule has 0 spiro atoms. The molecule has 13 heavy (non-hydrogen) atoms. The number of alkyl halides is 2. The van der Waals surface area contributed by atoms with Crippen LogP contribution in [0.3, 0.4) is 0 Å². The Hall–Kier alpha value is -1.66. The lowest BCUT2D eigenvalue weighted by Crippen LogP contribution is -2.02. The van der Waals surface area contributed by atoms with Gasteiger partial charge >= 0.3 is 12.5 Å². The first-order valence-electron chi connectivity index (χ1n) is 3.27. The number of rotatable bonds is 2. The summed E-state index contributed by atoms with van der Waals surface area (Å²) >= 11 is 0. The summed E-state index contributed by atoms with van der Waals surface area (Å²) in [7, 11) is 1.13. The highest BCUT2D eigenvalue weighted by atomic mass is 19.3. The summed E-state index contributed by atoms with van der Waals surface area (Å²) in [6.07, 6.45) is 0.839. The Bertz CT molecular complexity index is 324. The molecular formula is C6H7F2N3O2. The molecule has 0 saturated carbocycles. The monoisotopic (exact) mass is 191 g/mol. The van der Waals surface area contributed by atoms with Gasteiger partial charge in [-0.1, -0.05) is 0 Å². The average Bonchev–Trinajstić information content (AvgIpc) is 2.46. The van der Waals surface area contributed by atoms with Crippen LogP contribution in [0.2, 0.25) is 0 Å². The molecular weight excluding hydrogens is 184 g/mol. The minimum absolute atomic E-state index is 0.164. The molecule has 1 rings (SSSR count). The van der Waals surface area contributed by atoms with Crippen molar-refractivity contribution >= 4 is 11.8 Å². The van der Waals surface area contributed by atoms with Gasteiger partial charge in [-0.25, -0.2) is 9.48 Å². The molecule has 0 atom stereocenters. The molecule has 1 heterocycles. The third kappa shape index (κ3) is 1.74. The molecule has 0 unspecified atom stereocenters. The van der Waals surface area contributed by atoms with Crippen LogP contribution in [0, 0.1) is 0 Å². The number of hydrogen-bond donors (Lipinski definition) is 1. The van der Waals surface area contributed by atoms with Crippen molar-refractivity contribution in [2.24, 2.45) is 0 Å². The maximum Gasteiger partial charge on any atom is 0.343 e. The first-order chi connectivity index (χ1) is 6.06. The summed E-state index contributed by atoms with van der Waals surface area (Å²) in [5, 5.41) is 3.22. The molecule has 0 aromatic carbocycles. The number of halogens is 2. The molecule has 0 aliphatic rings. The van der Waals surface area contributed by atoms with Crippen LogP contribution < -0.4 is 5.73 Å². The van der Waals surface area contributed by atoms with Crippen molar-refractivity contribution in [2.45, 2.75) is 6.55 Å². The quantitative estimate of drug-likeness (QED) is 0.696. The van der Waals surface area contributed by atoms with Crippen molar-refractivity contribution in [1.82, 2.24) is 9.78 Å². The SMILES string of the molecule is COC(=O)c1cn(C(F)F)nc1N. The van der Waals surface area contributed by atoms with E-state index >= 15 is 0 Å². The predicted molar refractivity (Wildman–Crippen MR) is 39.2 cm³/mol. The summed E-state index contributed by atoms with van der Waals surface area (Å²) in [6.45, 7) is -2.82. The van der Waals surface area contributed by atoms with Gasteiger partial charge in [-0.2, -0.15) is 8.78 Å². The van der Waals surface area contributed by atoms with E-state index in [-0.39, 0.29) is 11.4 Å². The lowest BCUT2D eigenvalue weighted by Gasteiger charge is -1.94. The zero-order valence-electron chi connectivity index (χ0n) is 6.70. The Morgan fingerprint density at radius 1 is 1.77 bits per heavy atom. The Morgan fingerprint density at radius 3 is 2.77 bits per heavy atom. The minimum Gasteiger partial charge on any atom is -0.465 e. The van der Waals surface area contributed by atoms with Crippen LogP contribution >= 0.6 is 0 Å². The Labute approximate surface area is 72.1 Å². The first-order valence-corrected chi connectivity index (χ1v) is 3.27. The number of hydrogen-bond acceptors (Lipinski definition) is 4. The molecule has 0 aliphatic heterocycles. The van der Waals surface area contributed by atoms with Crippen molar-refractivity contribution in [3.05, 3.63) is 11.8 Å². The maximum atomic E-state index is 12.0. The predicted octanol–water partition coefficient (Wildman–Crippen LogP) is 0.647. The Morgan fingerprint density at radius 2 is 2.38 bits per heavy atom. The van der Waals surface area contributed by atoms with E-state index in [1.165, 1.54) is 0 Å². The number of esters is 1. The fourth-order valence-electron chi connectivity index (χ4n) is 0.773. The molecule has 5 nitrogen and oxygen atoms in total. The molecule has 2 N–H and O–H groups in total. The van der Waals surface area contributed by atoms with Crippen molar-refractivity contribution < 1.29 is 18.3 Å². The lowest BCUT2D eigenvalue weighted by atomic mass is 10.3. The van der Waals surface area contributed by atoms with E-state index in [1.54, 1.807) is 0 Å². The number of ether oxygens (including phenoxy) is 1. The highest BCUT2D eigenvalue weighted by Crippen LogP contribution is 2.15. The largest absolute Gasteiger partial charge is 0.465 e. The second-order valence-electron chi connectivity index (χ2n) is 2.18. The molecule has 0 aliphatic carbocycles. The van der Waals surface area contributed by atoms with Gasteiger partial charge in [0, 0.05) is 6.20 Å². The van der Waals surface area contributed by atoms with E-state index in [0.717, 1.165) is 13.3 Å². The number of nitrogens with two attached hydrogens (primary N) is 1. The average molecular weight is 191 g/mol. The Kier molecular flexibility index (Phi) is 2.45. The van der Waals surface area contributed by atoms with Crippen molar-refractivity contribution in [3.8, 4) is 0 Å². The van der Waals surface area contributed by atoms with Crippen molar-refractivity contribution in [1.29, 1.82) is 0 Å². The smallest absolute Gasteiger partial charge is 0.343 e. The van der Waals surface area contributed by atoms with E-state index in [9.17, 15) is 13.6 Å². The van der Waals surface area contributed by atoms with Gasteiger partial charge in [0.2, 0.25) is 0 Å². The summed E-state index contributed by atoms with van der Waals surface area (Å²) < 4.78 is 28.6. The van der Waals surface area contributed by atoms with Gasteiger partial charge in [-0.05, 0) is 0 Å². The number of carbonyl (C=O) groups excluding carboxylic acids is 1. The third-order valence-electron chi connectivity index (χ3n) is 1.37. The van der Waals surface area contributed by atoms with Crippen LogP contribution in [0.1, 0.15) is 16.9 Å². The molecule has 1 aromatic heterocycles. The van der Waals surface area contributed by atoms with Crippen molar-refractivity contribution in [2.75, 3.05) is 12.8 Å².